The molecule has 1 aliphatic rings. The minimum atomic E-state index is -1.09. The van der Waals surface area contributed by atoms with Crippen LogP contribution < -0.4 is 10.9 Å². The topological polar surface area (TPSA) is 105 Å². The number of piperidine rings is 1. The summed E-state index contributed by atoms with van der Waals surface area (Å²) in [7, 11) is 0. The minimum absolute atomic E-state index is 0.0814. The third-order valence-corrected chi connectivity index (χ3v) is 6.51. The van der Waals surface area contributed by atoms with Crippen molar-refractivity contribution in [2.75, 3.05) is 18.4 Å². The van der Waals surface area contributed by atoms with Gasteiger partial charge in [0.2, 0.25) is 11.8 Å². The lowest BCUT2D eigenvalue weighted by molar-refractivity contribution is -0.136. The van der Waals surface area contributed by atoms with E-state index in [0.717, 1.165) is 5.56 Å². The Morgan fingerprint density at radius 1 is 1.15 bits per heavy atom. The number of hydrogen-bond acceptors (Lipinski definition) is 5. The van der Waals surface area contributed by atoms with Gasteiger partial charge in [0.1, 0.15) is 0 Å². The minimum Gasteiger partial charge on any atom is -0.388 e. The number of nitrogens with zero attached hydrogens (tertiary/aromatic N) is 3. The number of aliphatic hydroxyl groups is 1. The Balaban J connectivity index is 1.39. The van der Waals surface area contributed by atoms with E-state index in [4.69, 9.17) is 0 Å². The molecule has 2 N–H and O–H groups in total. The summed E-state index contributed by atoms with van der Waals surface area (Å²) in [4.78, 5) is 43.2. The van der Waals surface area contributed by atoms with Crippen LogP contribution in [0.4, 0.5) is 5.69 Å². The lowest BCUT2D eigenvalue weighted by atomic mass is 9.90. The van der Waals surface area contributed by atoms with Crippen LogP contribution >= 0.6 is 0 Å². The molecule has 1 unspecified atom stereocenters. The summed E-state index contributed by atoms with van der Waals surface area (Å²) in [6, 6.07) is 14.9. The van der Waals surface area contributed by atoms with Gasteiger partial charge in [0.25, 0.3) is 5.56 Å². The van der Waals surface area contributed by atoms with Gasteiger partial charge in [-0.05, 0) is 42.5 Å². The van der Waals surface area contributed by atoms with Crippen LogP contribution in [0.25, 0.3) is 10.9 Å². The van der Waals surface area contributed by atoms with E-state index in [1.165, 1.54) is 17.8 Å². The van der Waals surface area contributed by atoms with Crippen molar-refractivity contribution in [1.29, 1.82) is 0 Å². The molecule has 2 aromatic carbocycles. The molecule has 8 heteroatoms. The molecule has 3 aromatic rings. The summed E-state index contributed by atoms with van der Waals surface area (Å²) in [5, 5.41) is 14.2. The molecule has 0 spiro atoms. The molecule has 4 rings (SSSR count). The number of hydrogen-bond donors (Lipinski definition) is 2. The highest BCUT2D eigenvalue weighted by molar-refractivity contribution is 5.91. The molecule has 1 saturated heterocycles. The third-order valence-electron chi connectivity index (χ3n) is 6.51. The summed E-state index contributed by atoms with van der Waals surface area (Å²) in [6.45, 7) is 4.48. The van der Waals surface area contributed by atoms with Crippen LogP contribution in [0.2, 0.25) is 0 Å². The molecule has 2 amide bonds. The van der Waals surface area contributed by atoms with Crippen LogP contribution in [0.15, 0.2) is 59.7 Å². The maximum absolute atomic E-state index is 13.0. The van der Waals surface area contributed by atoms with Gasteiger partial charge >= 0.3 is 0 Å². The second-order valence-corrected chi connectivity index (χ2v) is 9.21. The highest BCUT2D eigenvalue weighted by Crippen LogP contribution is 2.26. The van der Waals surface area contributed by atoms with Crippen molar-refractivity contribution in [2.45, 2.75) is 51.2 Å². The Bertz CT molecular complexity index is 1250. The predicted octanol–water partition coefficient (Wildman–Crippen LogP) is 2.90. The Morgan fingerprint density at radius 3 is 2.53 bits per heavy atom. The first-order valence-corrected chi connectivity index (χ1v) is 11.6. The predicted molar refractivity (Wildman–Crippen MR) is 131 cm³/mol. The summed E-state index contributed by atoms with van der Waals surface area (Å²) < 4.78 is 1.43. The largest absolute Gasteiger partial charge is 0.388 e. The summed E-state index contributed by atoms with van der Waals surface area (Å²) in [5.74, 6) is 0.00935. The molecule has 34 heavy (non-hydrogen) atoms. The van der Waals surface area contributed by atoms with Gasteiger partial charge in [-0.25, -0.2) is 4.98 Å². The first-order valence-electron chi connectivity index (χ1n) is 11.6. The molecule has 0 saturated carbocycles. The number of anilines is 1. The van der Waals surface area contributed by atoms with Crippen molar-refractivity contribution in [3.05, 3.63) is 70.8 Å². The fourth-order valence-electron chi connectivity index (χ4n) is 4.49. The van der Waals surface area contributed by atoms with E-state index in [-0.39, 0.29) is 29.8 Å². The maximum Gasteiger partial charge on any atom is 0.261 e. The smallest absolute Gasteiger partial charge is 0.261 e. The van der Waals surface area contributed by atoms with Gasteiger partial charge in [-0.3, -0.25) is 19.0 Å². The van der Waals surface area contributed by atoms with Gasteiger partial charge in [-0.1, -0.05) is 37.3 Å². The molecular weight excluding hydrogens is 432 g/mol. The SMILES string of the molecule is CC(=O)Nc1ccc2c(=O)n(CC3(O)CCN(C(=O)CC(C)c4ccccc4)CC3)cnc2c1. The molecule has 1 aliphatic heterocycles. The van der Waals surface area contributed by atoms with Gasteiger partial charge < -0.3 is 15.3 Å². The standard InChI is InChI=1S/C26H30N4O4/c1-18(20-6-4-3-5-7-20)14-24(32)29-12-10-26(34,11-13-29)16-30-17-27-23-15-21(28-19(2)31)8-9-22(23)25(30)33/h3-9,15,17-18,34H,10-14,16H2,1-2H3,(H,28,31). The average molecular weight is 463 g/mol. The fourth-order valence-corrected chi connectivity index (χ4v) is 4.49. The molecule has 0 radical (unpaired) electrons. The molecule has 1 fully saturated rings. The molecule has 1 atom stereocenters. The zero-order valence-corrected chi connectivity index (χ0v) is 19.5. The van der Waals surface area contributed by atoms with Crippen molar-refractivity contribution in [2.24, 2.45) is 0 Å². The van der Waals surface area contributed by atoms with E-state index >= 15 is 0 Å². The summed E-state index contributed by atoms with van der Waals surface area (Å²) in [5.41, 5.74) is 0.853. The highest BCUT2D eigenvalue weighted by atomic mass is 16.3. The zero-order valence-electron chi connectivity index (χ0n) is 19.5. The molecular formula is C26H30N4O4. The molecule has 0 bridgehead atoms. The van der Waals surface area contributed by atoms with Crippen LogP contribution in [0.5, 0.6) is 0 Å². The third kappa shape index (κ3) is 5.34. The average Bonchev–Trinajstić information content (AvgIpc) is 2.81. The van der Waals surface area contributed by atoms with Crippen LogP contribution in [-0.4, -0.2) is 50.1 Å². The second kappa shape index (κ2) is 9.77. The Hall–Kier alpha value is -3.52. The van der Waals surface area contributed by atoms with Crippen molar-refractivity contribution < 1.29 is 14.7 Å². The number of benzene rings is 2. The quantitative estimate of drug-likeness (QED) is 0.586. The molecule has 2 heterocycles. The van der Waals surface area contributed by atoms with E-state index in [1.807, 2.05) is 37.3 Å². The van der Waals surface area contributed by atoms with Gasteiger partial charge in [0.15, 0.2) is 0 Å². The lowest BCUT2D eigenvalue weighted by Gasteiger charge is -2.38. The van der Waals surface area contributed by atoms with Crippen molar-refractivity contribution in [3.8, 4) is 0 Å². The second-order valence-electron chi connectivity index (χ2n) is 9.21. The number of amides is 2. The Morgan fingerprint density at radius 2 is 1.85 bits per heavy atom. The Labute approximate surface area is 198 Å². The van der Waals surface area contributed by atoms with Gasteiger partial charge in [-0.2, -0.15) is 0 Å². The van der Waals surface area contributed by atoms with Crippen molar-refractivity contribution in [1.82, 2.24) is 14.5 Å². The maximum atomic E-state index is 13.0. The summed E-state index contributed by atoms with van der Waals surface area (Å²) in [6.07, 6.45) is 2.64. The zero-order chi connectivity index (χ0) is 24.3. The Kier molecular flexibility index (Phi) is 6.79. The molecule has 8 nitrogen and oxygen atoms in total. The van der Waals surface area contributed by atoms with Gasteiger partial charge in [0.05, 0.1) is 29.4 Å². The highest BCUT2D eigenvalue weighted by Gasteiger charge is 2.35. The normalized spacial score (nSPS) is 16.3. The van der Waals surface area contributed by atoms with Crippen LogP contribution in [0.3, 0.4) is 0 Å². The van der Waals surface area contributed by atoms with Crippen LogP contribution in [0.1, 0.15) is 44.6 Å². The fraction of sp³-hybridized carbons (Fsp3) is 0.385. The molecule has 0 aliphatic carbocycles. The lowest BCUT2D eigenvalue weighted by Crippen LogP contribution is -2.49. The number of fused-ring (bicyclic) bond motifs is 1. The number of nitrogens with one attached hydrogen (secondary N) is 1. The van der Waals surface area contributed by atoms with Crippen molar-refractivity contribution >= 4 is 28.4 Å². The first kappa shape index (κ1) is 23.6. The van der Waals surface area contributed by atoms with Crippen molar-refractivity contribution in [3.63, 3.8) is 0 Å². The molecule has 1 aromatic heterocycles. The van der Waals surface area contributed by atoms with Gasteiger partial charge in [0, 0.05) is 32.1 Å². The van der Waals surface area contributed by atoms with E-state index < -0.39 is 5.60 Å². The molecule has 178 valence electrons. The number of rotatable bonds is 6. The number of carbonyl (C=O) groups is 2. The summed E-state index contributed by atoms with van der Waals surface area (Å²) >= 11 is 0. The van der Waals surface area contributed by atoms with E-state index in [0.29, 0.717) is 48.9 Å². The van der Waals surface area contributed by atoms with E-state index in [1.54, 1.807) is 23.1 Å². The monoisotopic (exact) mass is 462 g/mol. The van der Waals surface area contributed by atoms with E-state index in [2.05, 4.69) is 10.3 Å². The number of likely N-dealkylation sites (tertiary alicyclic amines) is 1. The van der Waals surface area contributed by atoms with Crippen LogP contribution in [0, 0.1) is 0 Å². The number of carbonyl (C=O) groups excluding carboxylic acids is 2. The van der Waals surface area contributed by atoms with Crippen LogP contribution in [-0.2, 0) is 16.1 Å². The van der Waals surface area contributed by atoms with E-state index in [9.17, 15) is 19.5 Å². The van der Waals surface area contributed by atoms with Gasteiger partial charge in [-0.15, -0.1) is 0 Å². The first-order chi connectivity index (χ1) is 16.2. The number of aromatic nitrogens is 2.